The van der Waals surface area contributed by atoms with Gasteiger partial charge < -0.3 is 5.32 Å². The van der Waals surface area contributed by atoms with E-state index in [1.165, 1.54) is 23.9 Å². The lowest BCUT2D eigenvalue weighted by Crippen LogP contribution is -2.05. The maximum atomic E-state index is 13.0. The summed E-state index contributed by atoms with van der Waals surface area (Å²) in [5.41, 5.74) is 1.76. The van der Waals surface area contributed by atoms with Gasteiger partial charge in [-0.05, 0) is 6.92 Å². The van der Waals surface area contributed by atoms with Crippen LogP contribution in [0, 0.1) is 12.7 Å². The van der Waals surface area contributed by atoms with Crippen LogP contribution >= 0.6 is 0 Å². The number of anilines is 1. The molecule has 0 aromatic carbocycles. The molecule has 2 aromatic rings. The Bertz CT molecular complexity index is 564. The van der Waals surface area contributed by atoms with E-state index in [0.29, 0.717) is 17.1 Å². The highest BCUT2D eigenvalue weighted by Crippen LogP contribution is 2.16. The standard InChI is InChI=1S/C11H11FN4O/c1-7-11(14-8(2)17)6-16(15-7)10-3-9(12)4-13-5-10/h3-6H,1-2H3,(H,14,17). The topological polar surface area (TPSA) is 59.8 Å². The minimum Gasteiger partial charge on any atom is -0.323 e. The molecule has 0 radical (unpaired) electrons. The van der Waals surface area contributed by atoms with E-state index in [9.17, 15) is 9.18 Å². The zero-order valence-corrected chi connectivity index (χ0v) is 9.44. The zero-order valence-electron chi connectivity index (χ0n) is 9.44. The fraction of sp³-hybridized carbons (Fsp3) is 0.182. The van der Waals surface area contributed by atoms with E-state index in [4.69, 9.17) is 0 Å². The SMILES string of the molecule is CC(=O)Nc1cn(-c2cncc(F)c2)nc1C. The third-order valence-corrected chi connectivity index (χ3v) is 2.16. The number of amides is 1. The number of nitrogens with one attached hydrogen (secondary N) is 1. The van der Waals surface area contributed by atoms with Crippen molar-refractivity contribution in [1.29, 1.82) is 0 Å². The van der Waals surface area contributed by atoms with Crippen LogP contribution in [0.4, 0.5) is 10.1 Å². The van der Waals surface area contributed by atoms with Gasteiger partial charge in [0.1, 0.15) is 5.82 Å². The maximum Gasteiger partial charge on any atom is 0.221 e. The molecule has 0 saturated carbocycles. The third-order valence-electron chi connectivity index (χ3n) is 2.16. The molecule has 2 rings (SSSR count). The lowest BCUT2D eigenvalue weighted by atomic mass is 10.4. The molecule has 2 heterocycles. The minimum absolute atomic E-state index is 0.176. The van der Waals surface area contributed by atoms with Crippen LogP contribution in [0.5, 0.6) is 0 Å². The summed E-state index contributed by atoms with van der Waals surface area (Å²) in [5.74, 6) is -0.609. The van der Waals surface area contributed by atoms with Crippen molar-refractivity contribution in [2.24, 2.45) is 0 Å². The van der Waals surface area contributed by atoms with Crippen molar-refractivity contribution in [3.8, 4) is 5.69 Å². The summed E-state index contributed by atoms with van der Waals surface area (Å²) in [6.45, 7) is 3.18. The molecule has 17 heavy (non-hydrogen) atoms. The largest absolute Gasteiger partial charge is 0.323 e. The second-order valence-electron chi connectivity index (χ2n) is 3.62. The molecule has 5 nitrogen and oxygen atoms in total. The molecule has 0 spiro atoms. The van der Waals surface area contributed by atoms with E-state index >= 15 is 0 Å². The summed E-state index contributed by atoms with van der Waals surface area (Å²) in [6, 6.07) is 1.32. The number of aromatic nitrogens is 3. The van der Waals surface area contributed by atoms with Gasteiger partial charge in [-0.2, -0.15) is 5.10 Å². The second kappa shape index (κ2) is 4.32. The number of carbonyl (C=O) groups is 1. The van der Waals surface area contributed by atoms with Gasteiger partial charge in [0.15, 0.2) is 0 Å². The van der Waals surface area contributed by atoms with Gasteiger partial charge in [-0.3, -0.25) is 9.78 Å². The van der Waals surface area contributed by atoms with Gasteiger partial charge in [0.25, 0.3) is 0 Å². The molecule has 6 heteroatoms. The minimum atomic E-state index is -0.434. The first kappa shape index (κ1) is 11.3. The first-order valence-corrected chi connectivity index (χ1v) is 5.01. The van der Waals surface area contributed by atoms with Crippen molar-refractivity contribution in [3.05, 3.63) is 36.2 Å². The van der Waals surface area contributed by atoms with Gasteiger partial charge in [0, 0.05) is 13.0 Å². The Morgan fingerprint density at radius 3 is 2.88 bits per heavy atom. The zero-order chi connectivity index (χ0) is 12.4. The first-order valence-electron chi connectivity index (χ1n) is 5.01. The fourth-order valence-electron chi connectivity index (χ4n) is 1.43. The smallest absolute Gasteiger partial charge is 0.221 e. The Morgan fingerprint density at radius 2 is 2.24 bits per heavy atom. The highest BCUT2D eigenvalue weighted by Gasteiger charge is 2.08. The van der Waals surface area contributed by atoms with E-state index in [-0.39, 0.29) is 5.91 Å². The van der Waals surface area contributed by atoms with Gasteiger partial charge in [0.2, 0.25) is 5.91 Å². The van der Waals surface area contributed by atoms with Crippen molar-refractivity contribution in [2.45, 2.75) is 13.8 Å². The second-order valence-corrected chi connectivity index (χ2v) is 3.62. The first-order chi connectivity index (χ1) is 8.06. The normalized spacial score (nSPS) is 10.3. The number of aryl methyl sites for hydroxylation is 1. The number of hydrogen-bond acceptors (Lipinski definition) is 3. The van der Waals surface area contributed by atoms with E-state index in [1.807, 2.05) is 0 Å². The van der Waals surface area contributed by atoms with Gasteiger partial charge in [0.05, 0.1) is 35.7 Å². The Labute approximate surface area is 97.3 Å². The molecule has 0 aliphatic carbocycles. The van der Waals surface area contributed by atoms with Crippen LogP contribution in [0.15, 0.2) is 24.7 Å². The van der Waals surface area contributed by atoms with Crippen LogP contribution < -0.4 is 5.32 Å². The van der Waals surface area contributed by atoms with Crippen LogP contribution in [0.25, 0.3) is 5.69 Å². The fourth-order valence-corrected chi connectivity index (χ4v) is 1.43. The highest BCUT2D eigenvalue weighted by molar-refractivity contribution is 5.89. The Morgan fingerprint density at radius 1 is 1.47 bits per heavy atom. The number of rotatable bonds is 2. The monoisotopic (exact) mass is 234 g/mol. The van der Waals surface area contributed by atoms with Crippen LogP contribution in [-0.4, -0.2) is 20.7 Å². The van der Waals surface area contributed by atoms with E-state index < -0.39 is 5.82 Å². The average molecular weight is 234 g/mol. The van der Waals surface area contributed by atoms with Crippen molar-refractivity contribution in [2.75, 3.05) is 5.32 Å². The van der Waals surface area contributed by atoms with Crippen LogP contribution in [0.3, 0.4) is 0 Å². The van der Waals surface area contributed by atoms with Gasteiger partial charge >= 0.3 is 0 Å². The molecule has 0 aliphatic rings. The Kier molecular flexibility index (Phi) is 2.86. The van der Waals surface area contributed by atoms with E-state index in [1.54, 1.807) is 13.1 Å². The van der Waals surface area contributed by atoms with Crippen molar-refractivity contribution < 1.29 is 9.18 Å². The Balaban J connectivity index is 2.37. The van der Waals surface area contributed by atoms with Gasteiger partial charge in [-0.25, -0.2) is 9.07 Å². The summed E-state index contributed by atoms with van der Waals surface area (Å²) in [6.07, 6.45) is 4.23. The molecule has 1 amide bonds. The lowest BCUT2D eigenvalue weighted by molar-refractivity contribution is -0.114. The molecule has 0 fully saturated rings. The molecule has 0 bridgehead atoms. The van der Waals surface area contributed by atoms with Crippen LogP contribution in [0.2, 0.25) is 0 Å². The summed E-state index contributed by atoms with van der Waals surface area (Å²) in [7, 11) is 0. The predicted molar refractivity (Wildman–Crippen MR) is 60.4 cm³/mol. The molecule has 2 aromatic heterocycles. The van der Waals surface area contributed by atoms with Crippen molar-refractivity contribution in [3.63, 3.8) is 0 Å². The Hall–Kier alpha value is -2.24. The number of halogens is 1. The average Bonchev–Trinajstić information content (AvgIpc) is 2.59. The number of pyridine rings is 1. The molecule has 88 valence electrons. The van der Waals surface area contributed by atoms with Gasteiger partial charge in [-0.1, -0.05) is 0 Å². The molecule has 0 aliphatic heterocycles. The molecular formula is C11H11FN4O. The quantitative estimate of drug-likeness (QED) is 0.859. The van der Waals surface area contributed by atoms with Gasteiger partial charge in [-0.15, -0.1) is 0 Å². The van der Waals surface area contributed by atoms with Crippen LogP contribution in [-0.2, 0) is 4.79 Å². The highest BCUT2D eigenvalue weighted by atomic mass is 19.1. The third kappa shape index (κ3) is 2.47. The molecule has 0 saturated heterocycles. The van der Waals surface area contributed by atoms with Crippen molar-refractivity contribution >= 4 is 11.6 Å². The number of carbonyl (C=O) groups excluding carboxylic acids is 1. The molecule has 0 atom stereocenters. The summed E-state index contributed by atoms with van der Waals surface area (Å²) < 4.78 is 14.5. The maximum absolute atomic E-state index is 13.0. The number of nitrogens with zero attached hydrogens (tertiary/aromatic N) is 3. The van der Waals surface area contributed by atoms with Crippen molar-refractivity contribution in [1.82, 2.24) is 14.8 Å². The summed E-state index contributed by atoms with van der Waals surface area (Å²) in [4.78, 5) is 14.7. The number of hydrogen-bond donors (Lipinski definition) is 1. The van der Waals surface area contributed by atoms with E-state index in [2.05, 4.69) is 15.4 Å². The lowest BCUT2D eigenvalue weighted by Gasteiger charge is -1.99. The summed E-state index contributed by atoms with van der Waals surface area (Å²) in [5, 5.41) is 6.81. The summed E-state index contributed by atoms with van der Waals surface area (Å²) >= 11 is 0. The van der Waals surface area contributed by atoms with E-state index in [0.717, 1.165) is 6.20 Å². The predicted octanol–water partition coefficient (Wildman–Crippen LogP) is 1.67. The molecule has 0 unspecified atom stereocenters. The molecule has 1 N–H and O–H groups in total. The van der Waals surface area contributed by atoms with Crippen LogP contribution in [0.1, 0.15) is 12.6 Å². The molecular weight excluding hydrogens is 223 g/mol.